The lowest BCUT2D eigenvalue weighted by molar-refractivity contribution is 0.102. The maximum atomic E-state index is 13.6. The molecule has 2 aromatic carbocycles. The number of benzene rings is 2. The van der Waals surface area contributed by atoms with E-state index in [9.17, 15) is 9.18 Å². The molecule has 5 heteroatoms. The Kier molecular flexibility index (Phi) is 3.66. The van der Waals surface area contributed by atoms with E-state index in [1.165, 1.54) is 29.0 Å². The van der Waals surface area contributed by atoms with Gasteiger partial charge in [0.25, 0.3) is 5.91 Å². The van der Waals surface area contributed by atoms with E-state index in [1.54, 1.807) is 12.1 Å². The molecule has 1 aromatic heterocycles. The predicted octanol–water partition coefficient (Wildman–Crippen LogP) is 4.25. The van der Waals surface area contributed by atoms with Crippen LogP contribution in [0.5, 0.6) is 0 Å². The molecule has 0 saturated carbocycles. The number of hydrogen-bond acceptors (Lipinski definition) is 3. The van der Waals surface area contributed by atoms with Crippen molar-refractivity contribution in [2.45, 2.75) is 13.3 Å². The molecule has 0 fully saturated rings. The van der Waals surface area contributed by atoms with Gasteiger partial charge in [0, 0.05) is 0 Å². The molecule has 3 nitrogen and oxygen atoms in total. The summed E-state index contributed by atoms with van der Waals surface area (Å²) >= 11 is 1.39. The lowest BCUT2D eigenvalue weighted by Crippen LogP contribution is -2.13. The molecule has 3 rings (SSSR count). The predicted molar refractivity (Wildman–Crippen MR) is 83.4 cm³/mol. The van der Waals surface area contributed by atoms with Gasteiger partial charge in [-0.3, -0.25) is 10.1 Å². The van der Waals surface area contributed by atoms with Crippen LogP contribution < -0.4 is 5.32 Å². The summed E-state index contributed by atoms with van der Waals surface area (Å²) in [5, 5.41) is 3.13. The number of thiazole rings is 1. The van der Waals surface area contributed by atoms with Gasteiger partial charge in [-0.25, -0.2) is 9.37 Å². The second-order valence-electron chi connectivity index (χ2n) is 4.61. The molecular formula is C16H13FN2OS. The van der Waals surface area contributed by atoms with Crippen LogP contribution in [0.1, 0.15) is 22.8 Å². The van der Waals surface area contributed by atoms with E-state index in [4.69, 9.17) is 0 Å². The molecule has 106 valence electrons. The molecule has 1 heterocycles. The highest BCUT2D eigenvalue weighted by molar-refractivity contribution is 7.22. The zero-order valence-corrected chi connectivity index (χ0v) is 12.2. The van der Waals surface area contributed by atoms with Crippen LogP contribution >= 0.6 is 11.3 Å². The molecule has 0 bridgehead atoms. The first-order chi connectivity index (χ1) is 10.2. The topological polar surface area (TPSA) is 42.0 Å². The lowest BCUT2D eigenvalue weighted by atomic mass is 10.2. The molecule has 1 amide bonds. The number of aromatic nitrogens is 1. The van der Waals surface area contributed by atoms with Gasteiger partial charge in [-0.15, -0.1) is 0 Å². The van der Waals surface area contributed by atoms with Crippen molar-refractivity contribution in [1.82, 2.24) is 4.98 Å². The van der Waals surface area contributed by atoms with Gasteiger partial charge in [-0.2, -0.15) is 0 Å². The Morgan fingerprint density at radius 3 is 2.86 bits per heavy atom. The highest BCUT2D eigenvalue weighted by Crippen LogP contribution is 2.27. The quantitative estimate of drug-likeness (QED) is 0.785. The van der Waals surface area contributed by atoms with Crippen molar-refractivity contribution in [2.75, 3.05) is 5.32 Å². The van der Waals surface area contributed by atoms with E-state index in [0.29, 0.717) is 5.13 Å². The minimum Gasteiger partial charge on any atom is -0.298 e. The highest BCUT2D eigenvalue weighted by Gasteiger charge is 2.13. The third kappa shape index (κ3) is 2.78. The maximum Gasteiger partial charge on any atom is 0.260 e. The summed E-state index contributed by atoms with van der Waals surface area (Å²) in [7, 11) is 0. The molecule has 0 spiro atoms. The van der Waals surface area contributed by atoms with E-state index < -0.39 is 11.7 Å². The van der Waals surface area contributed by atoms with E-state index >= 15 is 0 Å². The average Bonchev–Trinajstić information content (AvgIpc) is 2.88. The van der Waals surface area contributed by atoms with Crippen LogP contribution in [0.4, 0.5) is 9.52 Å². The van der Waals surface area contributed by atoms with Gasteiger partial charge >= 0.3 is 0 Å². The van der Waals surface area contributed by atoms with Gasteiger partial charge in [0.05, 0.1) is 15.8 Å². The molecule has 0 unspecified atom stereocenters. The van der Waals surface area contributed by atoms with Crippen LogP contribution in [0.25, 0.3) is 10.2 Å². The van der Waals surface area contributed by atoms with Crippen molar-refractivity contribution in [3.8, 4) is 0 Å². The summed E-state index contributed by atoms with van der Waals surface area (Å²) in [5.41, 5.74) is 2.07. The van der Waals surface area contributed by atoms with E-state index in [2.05, 4.69) is 23.3 Å². The van der Waals surface area contributed by atoms with Crippen LogP contribution in [0.2, 0.25) is 0 Å². The van der Waals surface area contributed by atoms with Crippen LogP contribution in [0.15, 0.2) is 42.5 Å². The number of amides is 1. The maximum absolute atomic E-state index is 13.6. The molecule has 0 saturated heterocycles. The molecule has 0 aliphatic heterocycles. The normalized spacial score (nSPS) is 10.8. The number of nitrogens with zero attached hydrogens (tertiary/aromatic N) is 1. The summed E-state index contributed by atoms with van der Waals surface area (Å²) in [6.45, 7) is 2.09. The first-order valence-corrected chi connectivity index (χ1v) is 7.44. The van der Waals surface area contributed by atoms with Crippen molar-refractivity contribution in [2.24, 2.45) is 0 Å². The molecule has 0 aliphatic rings. The summed E-state index contributed by atoms with van der Waals surface area (Å²) in [5.74, 6) is -1.02. The van der Waals surface area contributed by atoms with Crippen molar-refractivity contribution < 1.29 is 9.18 Å². The zero-order valence-electron chi connectivity index (χ0n) is 11.4. The number of rotatable bonds is 3. The zero-order chi connectivity index (χ0) is 14.8. The molecule has 21 heavy (non-hydrogen) atoms. The molecule has 1 N–H and O–H groups in total. The monoisotopic (exact) mass is 300 g/mol. The van der Waals surface area contributed by atoms with Crippen molar-refractivity contribution in [3.05, 3.63) is 59.4 Å². The SMILES string of the molecule is CCc1ccc2nc(NC(=O)c3ccccc3F)sc2c1. The van der Waals surface area contributed by atoms with Crippen molar-refractivity contribution >= 4 is 32.6 Å². The first kappa shape index (κ1) is 13.7. The van der Waals surface area contributed by atoms with Gasteiger partial charge in [0.2, 0.25) is 0 Å². The van der Waals surface area contributed by atoms with Crippen molar-refractivity contribution in [3.63, 3.8) is 0 Å². The number of carbonyl (C=O) groups is 1. The number of hydrogen-bond donors (Lipinski definition) is 1. The number of aryl methyl sites for hydroxylation is 1. The van der Waals surface area contributed by atoms with Crippen LogP contribution in [-0.2, 0) is 6.42 Å². The number of fused-ring (bicyclic) bond motifs is 1. The van der Waals surface area contributed by atoms with Crippen LogP contribution in [0, 0.1) is 5.82 Å². The summed E-state index contributed by atoms with van der Waals surface area (Å²) < 4.78 is 14.6. The average molecular weight is 300 g/mol. The van der Waals surface area contributed by atoms with Gasteiger partial charge in [0.1, 0.15) is 5.82 Å². The van der Waals surface area contributed by atoms with Gasteiger partial charge in [-0.05, 0) is 36.2 Å². The van der Waals surface area contributed by atoms with E-state index in [-0.39, 0.29) is 5.56 Å². The van der Waals surface area contributed by atoms with Crippen LogP contribution in [0.3, 0.4) is 0 Å². The summed E-state index contributed by atoms with van der Waals surface area (Å²) in [4.78, 5) is 16.4. The van der Waals surface area contributed by atoms with E-state index in [0.717, 1.165) is 16.6 Å². The number of halogens is 1. The Balaban J connectivity index is 1.88. The third-order valence-electron chi connectivity index (χ3n) is 3.20. The lowest BCUT2D eigenvalue weighted by Gasteiger charge is -2.02. The minimum atomic E-state index is -0.538. The summed E-state index contributed by atoms with van der Waals surface area (Å²) in [6, 6.07) is 11.9. The first-order valence-electron chi connectivity index (χ1n) is 6.62. The second-order valence-corrected chi connectivity index (χ2v) is 5.64. The van der Waals surface area contributed by atoms with Gasteiger partial charge < -0.3 is 0 Å². The molecule has 3 aromatic rings. The third-order valence-corrected chi connectivity index (χ3v) is 4.13. The smallest absolute Gasteiger partial charge is 0.260 e. The molecule has 0 aliphatic carbocycles. The number of nitrogens with one attached hydrogen (secondary N) is 1. The Morgan fingerprint density at radius 1 is 1.29 bits per heavy atom. The highest BCUT2D eigenvalue weighted by atomic mass is 32.1. The fraction of sp³-hybridized carbons (Fsp3) is 0.125. The Labute approximate surface area is 125 Å². The number of anilines is 1. The van der Waals surface area contributed by atoms with Crippen LogP contribution in [-0.4, -0.2) is 10.9 Å². The van der Waals surface area contributed by atoms with E-state index in [1.807, 2.05) is 12.1 Å². The Bertz CT molecular complexity index is 813. The minimum absolute atomic E-state index is 0.0194. The molecular weight excluding hydrogens is 287 g/mol. The molecule has 0 radical (unpaired) electrons. The van der Waals surface area contributed by atoms with Gasteiger partial charge in [-0.1, -0.05) is 36.5 Å². The standard InChI is InChI=1S/C16H13FN2OS/c1-2-10-7-8-13-14(9-10)21-16(18-13)19-15(20)11-5-3-4-6-12(11)17/h3-9H,2H2,1H3,(H,18,19,20). The fourth-order valence-corrected chi connectivity index (χ4v) is 2.98. The Morgan fingerprint density at radius 2 is 2.10 bits per heavy atom. The van der Waals surface area contributed by atoms with Gasteiger partial charge in [0.15, 0.2) is 5.13 Å². The second kappa shape index (κ2) is 5.61. The Hall–Kier alpha value is -2.27. The fourth-order valence-electron chi connectivity index (χ4n) is 2.05. The number of carbonyl (C=O) groups excluding carboxylic acids is 1. The van der Waals surface area contributed by atoms with Crippen molar-refractivity contribution in [1.29, 1.82) is 0 Å². The molecule has 0 atom stereocenters. The summed E-state index contributed by atoms with van der Waals surface area (Å²) in [6.07, 6.45) is 0.949. The largest absolute Gasteiger partial charge is 0.298 e.